The van der Waals surface area contributed by atoms with Crippen molar-refractivity contribution in [3.05, 3.63) is 63.8 Å². The normalized spacial score (nSPS) is 12.1. The van der Waals surface area contributed by atoms with Crippen LogP contribution in [-0.2, 0) is 5.92 Å². The second-order valence-electron chi connectivity index (χ2n) is 5.97. The lowest BCUT2D eigenvalue weighted by atomic mass is 9.95. The van der Waals surface area contributed by atoms with E-state index in [1.807, 2.05) is 0 Å². The monoisotopic (exact) mass is 357 g/mol. The van der Waals surface area contributed by atoms with Crippen LogP contribution >= 0.6 is 11.3 Å². The van der Waals surface area contributed by atoms with Gasteiger partial charge in [-0.1, -0.05) is 18.2 Å². The lowest BCUT2D eigenvalue weighted by molar-refractivity contribution is 0.0175. The van der Waals surface area contributed by atoms with E-state index >= 15 is 0 Å². The van der Waals surface area contributed by atoms with E-state index in [-0.39, 0.29) is 16.9 Å². The SMILES string of the molecule is CC(F)(F)c1cccc(-c2c(O)ccc3[nH]c(=O)c4sccc4c23)c1. The maximum atomic E-state index is 13.7. The summed E-state index contributed by atoms with van der Waals surface area (Å²) < 4.78 is 28.0. The Bertz CT molecular complexity index is 1170. The molecule has 0 aliphatic heterocycles. The minimum absolute atomic E-state index is 0.0244. The Kier molecular flexibility index (Phi) is 3.40. The van der Waals surface area contributed by atoms with Crippen LogP contribution in [0.4, 0.5) is 8.78 Å². The molecule has 3 nitrogen and oxygen atoms in total. The number of phenolic OH excluding ortho intramolecular Hbond substituents is 1. The fourth-order valence-corrected chi connectivity index (χ4v) is 3.87. The molecule has 0 saturated carbocycles. The van der Waals surface area contributed by atoms with Crippen molar-refractivity contribution in [3.63, 3.8) is 0 Å². The highest BCUT2D eigenvalue weighted by molar-refractivity contribution is 7.17. The first-order valence-corrected chi connectivity index (χ1v) is 8.48. The van der Waals surface area contributed by atoms with Crippen molar-refractivity contribution in [2.45, 2.75) is 12.8 Å². The molecule has 126 valence electrons. The van der Waals surface area contributed by atoms with Crippen molar-refractivity contribution in [2.75, 3.05) is 0 Å². The molecule has 2 aromatic heterocycles. The van der Waals surface area contributed by atoms with Gasteiger partial charge in [0.15, 0.2) is 0 Å². The molecule has 0 unspecified atom stereocenters. The van der Waals surface area contributed by atoms with Crippen molar-refractivity contribution in [3.8, 4) is 16.9 Å². The summed E-state index contributed by atoms with van der Waals surface area (Å²) in [6.07, 6.45) is 0. The minimum Gasteiger partial charge on any atom is -0.507 e. The molecule has 0 bridgehead atoms. The van der Waals surface area contributed by atoms with Crippen LogP contribution in [0.15, 0.2) is 52.6 Å². The van der Waals surface area contributed by atoms with Crippen molar-refractivity contribution in [1.82, 2.24) is 4.98 Å². The Morgan fingerprint density at radius 2 is 1.96 bits per heavy atom. The van der Waals surface area contributed by atoms with Crippen LogP contribution in [0.5, 0.6) is 5.75 Å². The highest BCUT2D eigenvalue weighted by Gasteiger charge is 2.25. The Morgan fingerprint density at radius 1 is 1.16 bits per heavy atom. The Morgan fingerprint density at radius 3 is 2.72 bits per heavy atom. The minimum atomic E-state index is -2.98. The fourth-order valence-electron chi connectivity index (χ4n) is 3.08. The number of H-pyrrole nitrogens is 1. The average Bonchev–Trinajstić information content (AvgIpc) is 3.05. The summed E-state index contributed by atoms with van der Waals surface area (Å²) in [4.78, 5) is 15.0. The number of rotatable bonds is 2. The summed E-state index contributed by atoms with van der Waals surface area (Å²) in [7, 11) is 0. The maximum absolute atomic E-state index is 13.7. The topological polar surface area (TPSA) is 53.1 Å². The molecule has 2 aromatic carbocycles. The third-order valence-electron chi connectivity index (χ3n) is 4.23. The molecule has 0 amide bonds. The second-order valence-corrected chi connectivity index (χ2v) is 6.89. The molecule has 0 spiro atoms. The largest absolute Gasteiger partial charge is 0.507 e. The van der Waals surface area contributed by atoms with Gasteiger partial charge >= 0.3 is 0 Å². The van der Waals surface area contributed by atoms with Gasteiger partial charge in [0, 0.05) is 34.3 Å². The summed E-state index contributed by atoms with van der Waals surface area (Å²) in [6, 6.07) is 10.8. The van der Waals surface area contributed by atoms with Crippen LogP contribution in [0, 0.1) is 0 Å². The zero-order chi connectivity index (χ0) is 17.8. The molecule has 2 heterocycles. The van der Waals surface area contributed by atoms with Crippen molar-refractivity contribution in [2.24, 2.45) is 0 Å². The second kappa shape index (κ2) is 5.39. The zero-order valence-electron chi connectivity index (χ0n) is 13.1. The van der Waals surface area contributed by atoms with Gasteiger partial charge in [-0.15, -0.1) is 11.3 Å². The standard InChI is InChI=1S/C19H13F2NO2S/c1-19(20,21)11-4-2-3-10(9-11)15-14(23)6-5-13-16(15)12-7-8-25-17(12)18(24)22-13/h2-9,23H,1H3,(H,22,24). The number of phenols is 1. The van der Waals surface area contributed by atoms with Gasteiger partial charge in [-0.25, -0.2) is 8.78 Å². The lowest BCUT2D eigenvalue weighted by Crippen LogP contribution is -2.07. The van der Waals surface area contributed by atoms with Gasteiger partial charge in [0.25, 0.3) is 11.5 Å². The third kappa shape index (κ3) is 2.49. The number of hydrogen-bond donors (Lipinski definition) is 2. The predicted octanol–water partition coefficient (Wildman–Crippen LogP) is 5.23. The van der Waals surface area contributed by atoms with E-state index < -0.39 is 5.92 Å². The van der Waals surface area contributed by atoms with Gasteiger partial charge in [0.2, 0.25) is 0 Å². The number of aromatic hydroxyl groups is 1. The molecule has 0 aliphatic rings. The summed E-state index contributed by atoms with van der Waals surface area (Å²) in [5.41, 5.74) is 1.12. The van der Waals surface area contributed by atoms with E-state index in [9.17, 15) is 18.7 Å². The van der Waals surface area contributed by atoms with Crippen LogP contribution in [0.1, 0.15) is 12.5 Å². The first-order chi connectivity index (χ1) is 11.9. The molecule has 0 atom stereocenters. The molecule has 0 radical (unpaired) electrons. The molecule has 25 heavy (non-hydrogen) atoms. The van der Waals surface area contributed by atoms with Crippen molar-refractivity contribution in [1.29, 1.82) is 0 Å². The van der Waals surface area contributed by atoms with Crippen molar-refractivity contribution < 1.29 is 13.9 Å². The number of thiophene rings is 1. The first kappa shape index (κ1) is 15.8. The average molecular weight is 357 g/mol. The number of pyridine rings is 1. The van der Waals surface area contributed by atoms with E-state index in [4.69, 9.17) is 0 Å². The van der Waals surface area contributed by atoms with Gasteiger partial charge in [0.05, 0.1) is 0 Å². The third-order valence-corrected chi connectivity index (χ3v) is 5.14. The summed E-state index contributed by atoms with van der Waals surface area (Å²) in [5, 5.41) is 13.6. The predicted molar refractivity (Wildman–Crippen MR) is 96.6 cm³/mol. The van der Waals surface area contributed by atoms with Crippen LogP contribution < -0.4 is 5.56 Å². The number of halogens is 2. The number of aromatic nitrogens is 1. The molecule has 4 rings (SSSR count). The van der Waals surface area contributed by atoms with Crippen LogP contribution in [0.2, 0.25) is 0 Å². The number of aromatic amines is 1. The number of benzene rings is 2. The first-order valence-electron chi connectivity index (χ1n) is 7.60. The lowest BCUT2D eigenvalue weighted by Gasteiger charge is -2.14. The molecular weight excluding hydrogens is 344 g/mol. The molecule has 6 heteroatoms. The van der Waals surface area contributed by atoms with Gasteiger partial charge in [-0.2, -0.15) is 0 Å². The fraction of sp³-hybridized carbons (Fsp3) is 0.105. The summed E-state index contributed by atoms with van der Waals surface area (Å²) in [6.45, 7) is 0.837. The Hall–Kier alpha value is -2.73. The summed E-state index contributed by atoms with van der Waals surface area (Å²) in [5.74, 6) is -3.01. The smallest absolute Gasteiger partial charge is 0.270 e. The number of hydrogen-bond acceptors (Lipinski definition) is 3. The number of nitrogens with one attached hydrogen (secondary N) is 1. The molecule has 4 aromatic rings. The quantitative estimate of drug-likeness (QED) is 0.516. The molecule has 0 aliphatic carbocycles. The van der Waals surface area contributed by atoms with E-state index in [0.29, 0.717) is 32.1 Å². The maximum Gasteiger partial charge on any atom is 0.270 e. The van der Waals surface area contributed by atoms with E-state index in [1.165, 1.54) is 35.6 Å². The van der Waals surface area contributed by atoms with Gasteiger partial charge in [-0.3, -0.25) is 4.79 Å². The Labute approximate surface area is 145 Å². The van der Waals surface area contributed by atoms with Crippen molar-refractivity contribution >= 4 is 32.3 Å². The van der Waals surface area contributed by atoms with Gasteiger partial charge < -0.3 is 10.1 Å². The van der Waals surface area contributed by atoms with Gasteiger partial charge in [0.1, 0.15) is 10.4 Å². The molecule has 2 N–H and O–H groups in total. The van der Waals surface area contributed by atoms with E-state index in [1.54, 1.807) is 23.6 Å². The highest BCUT2D eigenvalue weighted by Crippen LogP contribution is 2.41. The summed E-state index contributed by atoms with van der Waals surface area (Å²) >= 11 is 1.30. The molecule has 0 fully saturated rings. The molecule has 0 saturated heterocycles. The Balaban J connectivity index is 2.14. The van der Waals surface area contributed by atoms with E-state index in [0.717, 1.165) is 6.92 Å². The van der Waals surface area contributed by atoms with Crippen LogP contribution in [-0.4, -0.2) is 10.1 Å². The highest BCUT2D eigenvalue weighted by atomic mass is 32.1. The van der Waals surface area contributed by atoms with E-state index in [2.05, 4.69) is 4.98 Å². The number of fused-ring (bicyclic) bond motifs is 3. The van der Waals surface area contributed by atoms with Crippen LogP contribution in [0.25, 0.3) is 32.1 Å². The van der Waals surface area contributed by atoms with Crippen LogP contribution in [0.3, 0.4) is 0 Å². The number of alkyl halides is 2. The molecular formula is C19H13F2NO2S. The zero-order valence-corrected chi connectivity index (χ0v) is 14.0. The van der Waals surface area contributed by atoms with Gasteiger partial charge in [-0.05, 0) is 35.2 Å².